The van der Waals surface area contributed by atoms with E-state index in [2.05, 4.69) is 9.99 Å². The predicted octanol–water partition coefficient (Wildman–Crippen LogP) is 3.47. The topological polar surface area (TPSA) is 21.6 Å². The van der Waals surface area contributed by atoms with E-state index < -0.39 is 0 Å². The van der Waals surface area contributed by atoms with Crippen molar-refractivity contribution in [1.82, 2.24) is 0 Å². The van der Waals surface area contributed by atoms with Gasteiger partial charge in [-0.15, -0.1) is 0 Å². The number of benzene rings is 2. The Hall–Kier alpha value is -2.16. The van der Waals surface area contributed by atoms with Gasteiger partial charge >= 0.3 is 0 Å². The molecule has 0 amide bonds. The molecule has 0 aliphatic heterocycles. The summed E-state index contributed by atoms with van der Waals surface area (Å²) in [6.45, 7) is 0. The number of hydrogen-bond donors (Lipinski definition) is 0. The van der Waals surface area contributed by atoms with Gasteiger partial charge in [0.1, 0.15) is 12.9 Å². The van der Waals surface area contributed by atoms with Crippen LogP contribution in [0.25, 0.3) is 11.1 Å². The Morgan fingerprint density at radius 1 is 1.00 bits per heavy atom. The van der Waals surface area contributed by atoms with E-state index in [9.17, 15) is 4.39 Å². The summed E-state index contributed by atoms with van der Waals surface area (Å²) in [5.41, 5.74) is 2.18. The van der Waals surface area contributed by atoms with Crippen molar-refractivity contribution in [3.05, 3.63) is 59.9 Å². The molecule has 0 radical (unpaired) electrons. The first kappa shape index (κ1) is 11.3. The smallest absolute Gasteiger partial charge is 0.131 e. The first-order chi connectivity index (χ1) is 8.33. The minimum absolute atomic E-state index is 0.245. The standard InChI is InChI=1S/C14H12FNO/c1-17-16-10-11-6-2-3-7-12(11)13-8-4-5-9-14(13)15/h2-10H,1H3/b16-10+. The zero-order valence-electron chi connectivity index (χ0n) is 9.43. The summed E-state index contributed by atoms with van der Waals surface area (Å²) in [4.78, 5) is 4.64. The van der Waals surface area contributed by atoms with Crippen molar-refractivity contribution in [2.75, 3.05) is 7.11 Å². The van der Waals surface area contributed by atoms with Gasteiger partial charge in [-0.2, -0.15) is 0 Å². The number of halogens is 1. The molecule has 2 nitrogen and oxygen atoms in total. The molecule has 2 rings (SSSR count). The first-order valence-electron chi connectivity index (χ1n) is 5.23. The second kappa shape index (κ2) is 5.25. The molecule has 2 aromatic carbocycles. The lowest BCUT2D eigenvalue weighted by atomic mass is 10.00. The molecule has 0 N–H and O–H groups in total. The second-order valence-corrected chi connectivity index (χ2v) is 3.48. The number of nitrogens with zero attached hydrogens (tertiary/aromatic N) is 1. The fourth-order valence-corrected chi connectivity index (χ4v) is 1.64. The molecular formula is C14H12FNO. The second-order valence-electron chi connectivity index (χ2n) is 3.48. The van der Waals surface area contributed by atoms with Crippen LogP contribution in [0, 0.1) is 5.82 Å². The van der Waals surface area contributed by atoms with E-state index in [-0.39, 0.29) is 5.82 Å². The van der Waals surface area contributed by atoms with Crippen LogP contribution in [0.4, 0.5) is 4.39 Å². The summed E-state index contributed by atoms with van der Waals surface area (Å²) < 4.78 is 13.7. The fourth-order valence-electron chi connectivity index (χ4n) is 1.64. The highest BCUT2D eigenvalue weighted by molar-refractivity contribution is 5.90. The highest BCUT2D eigenvalue weighted by atomic mass is 19.1. The Kier molecular flexibility index (Phi) is 3.50. The van der Waals surface area contributed by atoms with Crippen LogP contribution in [-0.2, 0) is 4.84 Å². The molecule has 0 aromatic heterocycles. The van der Waals surface area contributed by atoms with Crippen LogP contribution in [0.15, 0.2) is 53.7 Å². The maximum absolute atomic E-state index is 13.7. The maximum Gasteiger partial charge on any atom is 0.131 e. The van der Waals surface area contributed by atoms with E-state index >= 15 is 0 Å². The van der Waals surface area contributed by atoms with Crippen molar-refractivity contribution in [3.63, 3.8) is 0 Å². The van der Waals surface area contributed by atoms with E-state index in [0.717, 1.165) is 11.1 Å². The summed E-state index contributed by atoms with van der Waals surface area (Å²) in [5, 5.41) is 3.71. The summed E-state index contributed by atoms with van der Waals surface area (Å²) in [6, 6.07) is 14.1. The van der Waals surface area contributed by atoms with Crippen molar-refractivity contribution in [3.8, 4) is 11.1 Å². The van der Waals surface area contributed by atoms with E-state index in [0.29, 0.717) is 5.56 Å². The minimum Gasteiger partial charge on any atom is -0.399 e. The Labute approximate surface area is 99.3 Å². The SMILES string of the molecule is CO/N=C/c1ccccc1-c1ccccc1F. The zero-order valence-corrected chi connectivity index (χ0v) is 9.43. The molecule has 0 aliphatic rings. The molecule has 86 valence electrons. The average Bonchev–Trinajstić information content (AvgIpc) is 2.37. The number of rotatable bonds is 3. The summed E-state index contributed by atoms with van der Waals surface area (Å²) >= 11 is 0. The van der Waals surface area contributed by atoms with Gasteiger partial charge < -0.3 is 4.84 Å². The lowest BCUT2D eigenvalue weighted by molar-refractivity contribution is 0.215. The molecule has 0 fully saturated rings. The quantitative estimate of drug-likeness (QED) is 0.583. The van der Waals surface area contributed by atoms with Crippen LogP contribution in [0.3, 0.4) is 0 Å². The summed E-state index contributed by atoms with van der Waals surface area (Å²) in [7, 11) is 1.47. The molecule has 0 saturated carbocycles. The molecule has 3 heteroatoms. The highest BCUT2D eigenvalue weighted by Crippen LogP contribution is 2.25. The van der Waals surface area contributed by atoms with Gasteiger partial charge in [0.15, 0.2) is 0 Å². The molecular weight excluding hydrogens is 217 g/mol. The summed E-state index contributed by atoms with van der Waals surface area (Å²) in [5.74, 6) is -0.245. The van der Waals surface area contributed by atoms with Gasteiger partial charge in [0.25, 0.3) is 0 Å². The Balaban J connectivity index is 2.52. The largest absolute Gasteiger partial charge is 0.399 e. The minimum atomic E-state index is -0.245. The van der Waals surface area contributed by atoms with Gasteiger partial charge in [0, 0.05) is 11.1 Å². The van der Waals surface area contributed by atoms with E-state index in [1.807, 2.05) is 30.3 Å². The molecule has 2 aromatic rings. The third-order valence-corrected chi connectivity index (χ3v) is 2.42. The van der Waals surface area contributed by atoms with Crippen LogP contribution < -0.4 is 0 Å². The van der Waals surface area contributed by atoms with E-state index in [1.165, 1.54) is 13.2 Å². The van der Waals surface area contributed by atoms with Gasteiger partial charge in [-0.25, -0.2) is 4.39 Å². The number of oxime groups is 1. The molecule has 0 heterocycles. The molecule has 0 bridgehead atoms. The normalized spacial score (nSPS) is 10.7. The monoisotopic (exact) mass is 229 g/mol. The van der Waals surface area contributed by atoms with Crippen molar-refractivity contribution in [1.29, 1.82) is 0 Å². The summed E-state index contributed by atoms with van der Waals surface area (Å²) in [6.07, 6.45) is 1.57. The Bertz CT molecular complexity index is 537. The Morgan fingerprint density at radius 3 is 2.35 bits per heavy atom. The molecule has 0 saturated heterocycles. The van der Waals surface area contributed by atoms with E-state index in [4.69, 9.17) is 0 Å². The van der Waals surface area contributed by atoms with Crippen LogP contribution in [-0.4, -0.2) is 13.3 Å². The van der Waals surface area contributed by atoms with Gasteiger partial charge in [-0.1, -0.05) is 47.6 Å². The molecule has 0 aliphatic carbocycles. The van der Waals surface area contributed by atoms with Crippen LogP contribution >= 0.6 is 0 Å². The van der Waals surface area contributed by atoms with Crippen LogP contribution in [0.2, 0.25) is 0 Å². The fraction of sp³-hybridized carbons (Fsp3) is 0.0714. The average molecular weight is 229 g/mol. The van der Waals surface area contributed by atoms with Gasteiger partial charge in [-0.05, 0) is 11.6 Å². The van der Waals surface area contributed by atoms with E-state index in [1.54, 1.807) is 18.3 Å². The third kappa shape index (κ3) is 2.50. The molecule has 17 heavy (non-hydrogen) atoms. The molecule has 0 unspecified atom stereocenters. The van der Waals surface area contributed by atoms with Crippen molar-refractivity contribution in [2.24, 2.45) is 5.16 Å². The van der Waals surface area contributed by atoms with Crippen LogP contribution in [0.1, 0.15) is 5.56 Å². The lowest BCUT2D eigenvalue weighted by Crippen LogP contribution is -1.90. The van der Waals surface area contributed by atoms with Crippen LogP contribution in [0.5, 0.6) is 0 Å². The highest BCUT2D eigenvalue weighted by Gasteiger charge is 2.07. The third-order valence-electron chi connectivity index (χ3n) is 2.42. The van der Waals surface area contributed by atoms with Crippen molar-refractivity contribution in [2.45, 2.75) is 0 Å². The molecule has 0 spiro atoms. The number of hydrogen-bond acceptors (Lipinski definition) is 2. The van der Waals surface area contributed by atoms with Crippen molar-refractivity contribution >= 4 is 6.21 Å². The maximum atomic E-state index is 13.7. The predicted molar refractivity (Wildman–Crippen MR) is 66.4 cm³/mol. The Morgan fingerprint density at radius 2 is 1.65 bits per heavy atom. The van der Waals surface area contributed by atoms with Gasteiger partial charge in [0.2, 0.25) is 0 Å². The van der Waals surface area contributed by atoms with Crippen molar-refractivity contribution < 1.29 is 9.23 Å². The lowest BCUT2D eigenvalue weighted by Gasteiger charge is -2.06. The molecule has 0 atom stereocenters. The zero-order chi connectivity index (χ0) is 12.1. The first-order valence-corrected chi connectivity index (χ1v) is 5.23. The van der Waals surface area contributed by atoms with Gasteiger partial charge in [-0.3, -0.25) is 0 Å². The van der Waals surface area contributed by atoms with Gasteiger partial charge in [0.05, 0.1) is 6.21 Å².